The lowest BCUT2D eigenvalue weighted by Gasteiger charge is -2.29. The molecule has 1 amide bonds. The summed E-state index contributed by atoms with van der Waals surface area (Å²) in [4.78, 5) is 11.8. The Kier molecular flexibility index (Phi) is 4.77. The number of aromatic nitrogens is 2. The predicted molar refractivity (Wildman–Crippen MR) is 92.4 cm³/mol. The molecule has 3 N–H and O–H groups in total. The summed E-state index contributed by atoms with van der Waals surface area (Å²) in [6, 6.07) is 5.87. The smallest absolute Gasteiger partial charge is 0.271 e. The monoisotopic (exact) mass is 378 g/mol. The van der Waals surface area contributed by atoms with Crippen LogP contribution in [0, 0.1) is 5.92 Å². The first-order valence-electron chi connectivity index (χ1n) is 7.66. The predicted octanol–water partition coefficient (Wildman–Crippen LogP) is 2.72. The standard InChI is InChI=1S/C16H19BrN4O2/c1-9(10-4-6-23-7-5-10)19-14-12-8-11(17)2-3-13(12)20-21-15(14)16(18)22/h2-3,8-10H,4-7H2,1H3,(H2,18,22)(H,19,20)/t9-/m1/s1. The number of hydrogen-bond donors (Lipinski definition) is 2. The molecule has 1 aliphatic heterocycles. The van der Waals surface area contributed by atoms with Gasteiger partial charge in [0.15, 0.2) is 5.69 Å². The average molecular weight is 379 g/mol. The molecule has 23 heavy (non-hydrogen) atoms. The van der Waals surface area contributed by atoms with Gasteiger partial charge in [-0.1, -0.05) is 15.9 Å². The van der Waals surface area contributed by atoms with E-state index in [9.17, 15) is 4.79 Å². The molecule has 6 nitrogen and oxygen atoms in total. The van der Waals surface area contributed by atoms with Crippen LogP contribution in [-0.2, 0) is 4.74 Å². The Morgan fingerprint density at radius 1 is 1.39 bits per heavy atom. The van der Waals surface area contributed by atoms with Gasteiger partial charge in [0.2, 0.25) is 0 Å². The molecule has 2 heterocycles. The first kappa shape index (κ1) is 16.1. The molecule has 7 heteroatoms. The van der Waals surface area contributed by atoms with Crippen molar-refractivity contribution in [2.45, 2.75) is 25.8 Å². The number of nitrogens with two attached hydrogens (primary N) is 1. The van der Waals surface area contributed by atoms with E-state index in [0.717, 1.165) is 41.4 Å². The van der Waals surface area contributed by atoms with E-state index in [0.29, 0.717) is 11.6 Å². The molecular weight excluding hydrogens is 360 g/mol. The minimum Gasteiger partial charge on any atom is -0.381 e. The van der Waals surface area contributed by atoms with Gasteiger partial charge in [0.1, 0.15) is 0 Å². The van der Waals surface area contributed by atoms with Gasteiger partial charge < -0.3 is 15.8 Å². The van der Waals surface area contributed by atoms with Gasteiger partial charge in [0.25, 0.3) is 5.91 Å². The van der Waals surface area contributed by atoms with Crippen LogP contribution < -0.4 is 11.1 Å². The highest BCUT2D eigenvalue weighted by atomic mass is 79.9. The Balaban J connectivity index is 2.00. The van der Waals surface area contributed by atoms with E-state index in [2.05, 4.69) is 38.4 Å². The Bertz CT molecular complexity index is 731. The molecule has 0 bridgehead atoms. The van der Waals surface area contributed by atoms with Gasteiger partial charge in [-0.25, -0.2) is 0 Å². The lowest BCUT2D eigenvalue weighted by Crippen LogP contribution is -2.32. The summed E-state index contributed by atoms with van der Waals surface area (Å²) in [5.41, 5.74) is 7.04. The lowest BCUT2D eigenvalue weighted by atomic mass is 9.92. The fourth-order valence-electron chi connectivity index (χ4n) is 2.96. The van der Waals surface area contributed by atoms with Crippen molar-refractivity contribution >= 4 is 38.4 Å². The van der Waals surface area contributed by atoms with Crippen LogP contribution in [0.4, 0.5) is 5.69 Å². The molecular formula is C16H19BrN4O2. The molecule has 3 rings (SSSR count). The molecule has 122 valence electrons. The third-order valence-corrected chi connectivity index (χ3v) is 4.79. The van der Waals surface area contributed by atoms with E-state index < -0.39 is 5.91 Å². The molecule has 0 saturated carbocycles. The molecule has 1 atom stereocenters. The first-order valence-corrected chi connectivity index (χ1v) is 8.45. The van der Waals surface area contributed by atoms with Gasteiger partial charge in [0, 0.05) is 29.1 Å². The number of amides is 1. The van der Waals surface area contributed by atoms with Gasteiger partial charge in [-0.15, -0.1) is 10.2 Å². The van der Waals surface area contributed by atoms with Crippen LogP contribution in [-0.4, -0.2) is 35.4 Å². The molecule has 0 spiro atoms. The van der Waals surface area contributed by atoms with E-state index in [4.69, 9.17) is 10.5 Å². The van der Waals surface area contributed by atoms with Crippen LogP contribution in [0.3, 0.4) is 0 Å². The normalized spacial score (nSPS) is 17.1. The van der Waals surface area contributed by atoms with Crippen molar-refractivity contribution in [1.29, 1.82) is 0 Å². The Labute approximate surface area is 142 Å². The average Bonchev–Trinajstić information content (AvgIpc) is 2.55. The van der Waals surface area contributed by atoms with E-state index in [1.807, 2.05) is 18.2 Å². The number of carbonyl (C=O) groups excluding carboxylic acids is 1. The van der Waals surface area contributed by atoms with Crippen molar-refractivity contribution < 1.29 is 9.53 Å². The number of ether oxygens (including phenoxy) is 1. The molecule has 1 aromatic carbocycles. The molecule has 1 saturated heterocycles. The molecule has 0 radical (unpaired) electrons. The van der Waals surface area contributed by atoms with E-state index >= 15 is 0 Å². The lowest BCUT2D eigenvalue weighted by molar-refractivity contribution is 0.0622. The minimum absolute atomic E-state index is 0.175. The van der Waals surface area contributed by atoms with Crippen LogP contribution in [0.15, 0.2) is 22.7 Å². The van der Waals surface area contributed by atoms with Crippen molar-refractivity contribution in [3.8, 4) is 0 Å². The molecule has 2 aromatic rings. The molecule has 0 aliphatic carbocycles. The van der Waals surface area contributed by atoms with Crippen LogP contribution in [0.25, 0.3) is 10.9 Å². The largest absolute Gasteiger partial charge is 0.381 e. The SMILES string of the molecule is C[C@@H](Nc1c(C(N)=O)nnc2ccc(Br)cc12)C1CCOCC1. The van der Waals surface area contributed by atoms with Crippen LogP contribution >= 0.6 is 15.9 Å². The van der Waals surface area contributed by atoms with Crippen molar-refractivity contribution in [3.05, 3.63) is 28.4 Å². The van der Waals surface area contributed by atoms with Crippen LogP contribution in [0.5, 0.6) is 0 Å². The number of primary amides is 1. The maximum absolute atomic E-state index is 11.8. The zero-order chi connectivity index (χ0) is 16.4. The summed E-state index contributed by atoms with van der Waals surface area (Å²) >= 11 is 3.46. The van der Waals surface area contributed by atoms with Gasteiger partial charge in [-0.3, -0.25) is 4.79 Å². The maximum Gasteiger partial charge on any atom is 0.271 e. The number of anilines is 1. The van der Waals surface area contributed by atoms with Crippen molar-refractivity contribution in [2.24, 2.45) is 11.7 Å². The number of hydrogen-bond acceptors (Lipinski definition) is 5. The Hall–Kier alpha value is -1.73. The fourth-order valence-corrected chi connectivity index (χ4v) is 3.32. The summed E-state index contributed by atoms with van der Waals surface area (Å²) in [6.07, 6.45) is 2.00. The summed E-state index contributed by atoms with van der Waals surface area (Å²) in [5.74, 6) is -0.0964. The third-order valence-electron chi connectivity index (χ3n) is 4.30. The van der Waals surface area contributed by atoms with Crippen LogP contribution in [0.2, 0.25) is 0 Å². The summed E-state index contributed by atoms with van der Waals surface area (Å²) in [7, 11) is 0. The van der Waals surface area contributed by atoms with Gasteiger partial charge in [-0.2, -0.15) is 0 Å². The van der Waals surface area contributed by atoms with E-state index in [1.54, 1.807) is 0 Å². The zero-order valence-electron chi connectivity index (χ0n) is 12.9. The molecule has 1 aromatic heterocycles. The zero-order valence-corrected chi connectivity index (χ0v) is 14.5. The second-order valence-corrected chi connectivity index (χ2v) is 6.75. The maximum atomic E-state index is 11.8. The highest BCUT2D eigenvalue weighted by Crippen LogP contribution is 2.30. The molecule has 1 aliphatic rings. The van der Waals surface area contributed by atoms with E-state index in [-0.39, 0.29) is 11.7 Å². The minimum atomic E-state index is -0.582. The quantitative estimate of drug-likeness (QED) is 0.853. The Morgan fingerprint density at radius 2 is 2.13 bits per heavy atom. The van der Waals surface area contributed by atoms with Gasteiger partial charge in [-0.05, 0) is 43.9 Å². The number of carbonyl (C=O) groups is 1. The highest BCUT2D eigenvalue weighted by molar-refractivity contribution is 9.10. The number of halogens is 1. The number of nitrogens with zero attached hydrogens (tertiary/aromatic N) is 2. The summed E-state index contributed by atoms with van der Waals surface area (Å²) in [6.45, 7) is 3.67. The third kappa shape index (κ3) is 3.45. The van der Waals surface area contributed by atoms with Gasteiger partial charge in [0.05, 0.1) is 11.2 Å². The van der Waals surface area contributed by atoms with Crippen molar-refractivity contribution in [2.75, 3.05) is 18.5 Å². The molecule has 1 fully saturated rings. The second kappa shape index (κ2) is 6.80. The summed E-state index contributed by atoms with van der Waals surface area (Å²) < 4.78 is 6.33. The topological polar surface area (TPSA) is 90.1 Å². The highest BCUT2D eigenvalue weighted by Gasteiger charge is 2.23. The Morgan fingerprint density at radius 3 is 2.83 bits per heavy atom. The van der Waals surface area contributed by atoms with Crippen molar-refractivity contribution in [1.82, 2.24) is 10.2 Å². The number of fused-ring (bicyclic) bond motifs is 1. The van der Waals surface area contributed by atoms with Gasteiger partial charge >= 0.3 is 0 Å². The number of benzene rings is 1. The van der Waals surface area contributed by atoms with Crippen LogP contribution in [0.1, 0.15) is 30.3 Å². The summed E-state index contributed by atoms with van der Waals surface area (Å²) in [5, 5.41) is 12.4. The first-order chi connectivity index (χ1) is 11.1. The second-order valence-electron chi connectivity index (χ2n) is 5.83. The number of nitrogens with one attached hydrogen (secondary N) is 1. The van der Waals surface area contributed by atoms with E-state index in [1.165, 1.54) is 0 Å². The fraction of sp³-hybridized carbons (Fsp3) is 0.438. The van der Waals surface area contributed by atoms with Crippen molar-refractivity contribution in [3.63, 3.8) is 0 Å². The number of rotatable bonds is 4. The molecule has 0 unspecified atom stereocenters.